The molecule has 0 aliphatic heterocycles. The predicted octanol–water partition coefficient (Wildman–Crippen LogP) is 4.39. The van der Waals surface area contributed by atoms with Crippen molar-refractivity contribution in [2.75, 3.05) is 11.9 Å². The largest absolute Gasteiger partial charge is 0.494 e. The van der Waals surface area contributed by atoms with E-state index >= 15 is 0 Å². The van der Waals surface area contributed by atoms with Crippen LogP contribution in [-0.4, -0.2) is 26.1 Å². The van der Waals surface area contributed by atoms with Gasteiger partial charge in [0.2, 0.25) is 0 Å². The van der Waals surface area contributed by atoms with Crippen molar-refractivity contribution < 1.29 is 4.74 Å². The number of aryl methyl sites for hydroxylation is 1. The number of rotatable bonds is 7. The lowest BCUT2D eigenvalue weighted by Crippen LogP contribution is -2.02. The molecule has 1 N–H and O–H groups in total. The van der Waals surface area contributed by atoms with Crippen LogP contribution in [-0.2, 0) is 13.0 Å². The summed E-state index contributed by atoms with van der Waals surface area (Å²) in [6.45, 7) is 5.41. The first-order valence-electron chi connectivity index (χ1n) is 9.51. The molecule has 6 heteroatoms. The number of anilines is 1. The van der Waals surface area contributed by atoms with Gasteiger partial charge in [-0.2, -0.15) is 0 Å². The minimum atomic E-state index is 0.650. The van der Waals surface area contributed by atoms with Gasteiger partial charge in [-0.3, -0.25) is 9.55 Å². The summed E-state index contributed by atoms with van der Waals surface area (Å²) in [6.07, 6.45) is 6.55. The Balaban J connectivity index is 1.50. The summed E-state index contributed by atoms with van der Waals surface area (Å²) in [4.78, 5) is 13.6. The van der Waals surface area contributed by atoms with Crippen LogP contribution in [0.2, 0.25) is 0 Å². The molecule has 142 valence electrons. The van der Waals surface area contributed by atoms with E-state index < -0.39 is 0 Å². The van der Waals surface area contributed by atoms with Crippen LogP contribution in [0, 0.1) is 0 Å². The Bertz CT molecular complexity index is 1050. The monoisotopic (exact) mass is 373 g/mol. The van der Waals surface area contributed by atoms with Crippen molar-refractivity contribution in [1.29, 1.82) is 0 Å². The zero-order valence-corrected chi connectivity index (χ0v) is 16.1. The van der Waals surface area contributed by atoms with Gasteiger partial charge < -0.3 is 10.1 Å². The van der Waals surface area contributed by atoms with Crippen LogP contribution in [0.4, 0.5) is 5.69 Å². The van der Waals surface area contributed by atoms with Gasteiger partial charge in [0, 0.05) is 11.9 Å². The highest BCUT2D eigenvalue weighted by Gasteiger charge is 2.08. The van der Waals surface area contributed by atoms with Gasteiger partial charge in [-0.15, -0.1) is 0 Å². The molecule has 1 aromatic carbocycles. The van der Waals surface area contributed by atoms with Gasteiger partial charge in [0.1, 0.15) is 17.6 Å². The quantitative estimate of drug-likeness (QED) is 0.520. The first kappa shape index (κ1) is 18.0. The Hall–Kier alpha value is -3.41. The molecule has 3 aromatic heterocycles. The highest BCUT2D eigenvalue weighted by atomic mass is 16.5. The molecular formula is C22H23N5O. The van der Waals surface area contributed by atoms with Gasteiger partial charge in [-0.05, 0) is 55.3 Å². The number of nitrogens with zero attached hydrogens (tertiary/aromatic N) is 4. The van der Waals surface area contributed by atoms with Crippen molar-refractivity contribution in [2.45, 2.75) is 26.8 Å². The highest BCUT2D eigenvalue weighted by molar-refractivity contribution is 5.76. The first-order chi connectivity index (χ1) is 13.8. The normalized spacial score (nSPS) is 10.9. The van der Waals surface area contributed by atoms with Crippen molar-refractivity contribution in [2.24, 2.45) is 0 Å². The molecule has 0 atom stereocenters. The van der Waals surface area contributed by atoms with Gasteiger partial charge in [0.15, 0.2) is 5.65 Å². The van der Waals surface area contributed by atoms with Crippen LogP contribution in [0.25, 0.3) is 16.9 Å². The molecular weight excluding hydrogens is 350 g/mol. The van der Waals surface area contributed by atoms with Crippen LogP contribution in [0.1, 0.15) is 25.1 Å². The number of benzene rings is 1. The number of aromatic nitrogens is 4. The molecule has 4 aromatic rings. The molecule has 0 aliphatic rings. The molecule has 0 saturated heterocycles. The van der Waals surface area contributed by atoms with Gasteiger partial charge in [-0.25, -0.2) is 9.97 Å². The minimum absolute atomic E-state index is 0.650. The topological polar surface area (TPSA) is 64.9 Å². The number of imidazole rings is 1. The number of fused-ring (bicyclic) bond motifs is 1. The highest BCUT2D eigenvalue weighted by Crippen LogP contribution is 2.21. The molecule has 0 spiro atoms. The predicted molar refractivity (Wildman–Crippen MR) is 111 cm³/mol. The molecule has 0 bridgehead atoms. The fraction of sp³-hybridized carbons (Fsp3) is 0.227. The second-order valence-corrected chi connectivity index (χ2v) is 6.47. The molecule has 0 unspecified atom stereocenters. The van der Waals surface area contributed by atoms with E-state index in [1.807, 2.05) is 54.2 Å². The standard InChI is InChI=1S/C22H23N5O/c1-3-16-5-6-17(23-12-16)13-24-18-11-21-22(25-14-18)27(15-26-21)19-7-9-20(10-8-19)28-4-2/h5-12,14-15,24H,3-4,13H2,1-2H3. The summed E-state index contributed by atoms with van der Waals surface area (Å²) in [5.74, 6) is 0.857. The van der Waals surface area contributed by atoms with Crippen molar-refractivity contribution in [3.05, 3.63) is 72.4 Å². The Morgan fingerprint density at radius 1 is 0.964 bits per heavy atom. The lowest BCUT2D eigenvalue weighted by Gasteiger charge is -2.08. The van der Waals surface area contributed by atoms with Crippen molar-refractivity contribution in [1.82, 2.24) is 19.5 Å². The van der Waals surface area contributed by atoms with E-state index in [1.54, 1.807) is 6.33 Å². The van der Waals surface area contributed by atoms with Gasteiger partial charge in [0.05, 0.1) is 30.7 Å². The Morgan fingerprint density at radius 2 is 1.82 bits per heavy atom. The van der Waals surface area contributed by atoms with E-state index in [0.29, 0.717) is 13.2 Å². The van der Waals surface area contributed by atoms with Gasteiger partial charge in [-0.1, -0.05) is 13.0 Å². The third-order valence-corrected chi connectivity index (χ3v) is 4.58. The maximum absolute atomic E-state index is 5.50. The second kappa shape index (κ2) is 8.08. The number of hydrogen-bond acceptors (Lipinski definition) is 5. The van der Waals surface area contributed by atoms with Crippen molar-refractivity contribution >= 4 is 16.9 Å². The lowest BCUT2D eigenvalue weighted by atomic mass is 10.2. The van der Waals surface area contributed by atoms with Gasteiger partial charge >= 0.3 is 0 Å². The van der Waals surface area contributed by atoms with Crippen molar-refractivity contribution in [3.8, 4) is 11.4 Å². The molecule has 0 aliphatic carbocycles. The van der Waals surface area contributed by atoms with Crippen molar-refractivity contribution in [3.63, 3.8) is 0 Å². The Kier molecular flexibility index (Phi) is 5.19. The summed E-state index contributed by atoms with van der Waals surface area (Å²) >= 11 is 0. The Morgan fingerprint density at radius 3 is 2.54 bits per heavy atom. The van der Waals surface area contributed by atoms with Crippen LogP contribution in [0.3, 0.4) is 0 Å². The minimum Gasteiger partial charge on any atom is -0.494 e. The van der Waals surface area contributed by atoms with E-state index in [-0.39, 0.29) is 0 Å². The third kappa shape index (κ3) is 3.81. The van der Waals surface area contributed by atoms with E-state index in [9.17, 15) is 0 Å². The van der Waals surface area contributed by atoms with Crippen LogP contribution < -0.4 is 10.1 Å². The van der Waals surface area contributed by atoms with Crippen LogP contribution in [0.5, 0.6) is 5.75 Å². The smallest absolute Gasteiger partial charge is 0.164 e. The summed E-state index contributed by atoms with van der Waals surface area (Å²) in [5, 5.41) is 3.37. The average molecular weight is 373 g/mol. The molecule has 0 amide bonds. The molecule has 0 radical (unpaired) electrons. The summed E-state index contributed by atoms with van der Waals surface area (Å²) in [6, 6.07) is 14.1. The second-order valence-electron chi connectivity index (χ2n) is 6.47. The number of nitrogens with one attached hydrogen (secondary N) is 1. The third-order valence-electron chi connectivity index (χ3n) is 4.58. The zero-order chi connectivity index (χ0) is 19.3. The maximum atomic E-state index is 5.50. The van der Waals surface area contributed by atoms with E-state index in [4.69, 9.17) is 4.74 Å². The summed E-state index contributed by atoms with van der Waals surface area (Å²) in [7, 11) is 0. The SMILES string of the molecule is CCOc1ccc(-n2cnc3cc(NCc4ccc(CC)cn4)cnc32)cc1. The molecule has 28 heavy (non-hydrogen) atoms. The van der Waals surface area contributed by atoms with Gasteiger partial charge in [0.25, 0.3) is 0 Å². The molecule has 0 saturated carbocycles. The molecule has 6 nitrogen and oxygen atoms in total. The lowest BCUT2D eigenvalue weighted by molar-refractivity contribution is 0.340. The number of pyridine rings is 2. The van der Waals surface area contributed by atoms with E-state index in [0.717, 1.165) is 40.4 Å². The number of ether oxygens (including phenoxy) is 1. The van der Waals surface area contributed by atoms with Crippen LogP contribution in [0.15, 0.2) is 61.2 Å². The fourth-order valence-electron chi connectivity index (χ4n) is 3.02. The molecule has 3 heterocycles. The van der Waals surface area contributed by atoms with E-state index in [2.05, 4.69) is 39.3 Å². The Labute approximate surface area is 164 Å². The zero-order valence-electron chi connectivity index (χ0n) is 16.1. The first-order valence-corrected chi connectivity index (χ1v) is 9.51. The summed E-state index contributed by atoms with van der Waals surface area (Å²) in [5.41, 5.74) is 5.82. The number of hydrogen-bond donors (Lipinski definition) is 1. The van der Waals surface area contributed by atoms with Crippen LogP contribution >= 0.6 is 0 Å². The molecule has 0 fully saturated rings. The average Bonchev–Trinajstić information content (AvgIpc) is 3.17. The molecule has 4 rings (SSSR count). The summed E-state index contributed by atoms with van der Waals surface area (Å²) < 4.78 is 7.48. The van der Waals surface area contributed by atoms with E-state index in [1.165, 1.54) is 5.56 Å². The maximum Gasteiger partial charge on any atom is 0.164 e. The fourth-order valence-corrected chi connectivity index (χ4v) is 3.02.